The number of rotatable bonds is 4. The van der Waals surface area contributed by atoms with Gasteiger partial charge in [-0.05, 0) is 57.6 Å². The number of thiophene rings is 1. The molecule has 0 spiro atoms. The van der Waals surface area contributed by atoms with E-state index in [2.05, 4.69) is 40.1 Å². The summed E-state index contributed by atoms with van der Waals surface area (Å²) in [6, 6.07) is 13.3. The first kappa shape index (κ1) is 14.3. The third-order valence-corrected chi connectivity index (χ3v) is 4.80. The van der Waals surface area contributed by atoms with E-state index in [-0.39, 0.29) is 5.56 Å². The van der Waals surface area contributed by atoms with Gasteiger partial charge in [-0.2, -0.15) is 0 Å². The van der Waals surface area contributed by atoms with Crippen LogP contribution in [-0.2, 0) is 6.61 Å². The van der Waals surface area contributed by atoms with Gasteiger partial charge in [-0.25, -0.2) is 4.79 Å². The Labute approximate surface area is 139 Å². The van der Waals surface area contributed by atoms with Crippen LogP contribution in [0.4, 0.5) is 0 Å². The molecule has 0 aliphatic carbocycles. The zero-order valence-electron chi connectivity index (χ0n) is 10.9. The average molecular weight is 410 g/mol. The Morgan fingerprint density at radius 3 is 2.86 bits per heavy atom. The molecule has 0 amide bonds. The highest BCUT2D eigenvalue weighted by molar-refractivity contribution is 14.1. The van der Waals surface area contributed by atoms with Gasteiger partial charge < -0.3 is 9.84 Å². The molecular weight excluding hydrogens is 399 g/mol. The van der Waals surface area contributed by atoms with Gasteiger partial charge in [0.25, 0.3) is 0 Å². The number of fused-ring (bicyclic) bond motifs is 1. The van der Waals surface area contributed by atoms with Gasteiger partial charge >= 0.3 is 5.97 Å². The number of ether oxygens (including phenoxy) is 1. The van der Waals surface area contributed by atoms with Crippen molar-refractivity contribution in [3.05, 3.63) is 62.5 Å². The summed E-state index contributed by atoms with van der Waals surface area (Å²) < 4.78 is 7.81. The predicted octanol–water partition coefficient (Wildman–Crippen LogP) is 4.78. The molecule has 0 aliphatic rings. The number of halogens is 1. The highest BCUT2D eigenvalue weighted by atomic mass is 127. The number of hydrogen-bond donors (Lipinski definition) is 1. The van der Waals surface area contributed by atoms with Gasteiger partial charge in [0, 0.05) is 13.8 Å². The maximum atomic E-state index is 11.3. The molecule has 106 valence electrons. The molecule has 0 radical (unpaired) electrons. The summed E-state index contributed by atoms with van der Waals surface area (Å²) in [6.07, 6.45) is 0. The summed E-state index contributed by atoms with van der Waals surface area (Å²) in [5.41, 5.74) is 1.27. The molecule has 0 saturated carbocycles. The Hall–Kier alpha value is -1.60. The van der Waals surface area contributed by atoms with Crippen LogP contribution in [-0.4, -0.2) is 11.1 Å². The average Bonchev–Trinajstić information content (AvgIpc) is 2.89. The summed E-state index contributed by atoms with van der Waals surface area (Å²) in [6.45, 7) is 0.366. The lowest BCUT2D eigenvalue weighted by molar-refractivity contribution is 0.0691. The molecule has 0 atom stereocenters. The van der Waals surface area contributed by atoms with Gasteiger partial charge in [0.15, 0.2) is 0 Å². The van der Waals surface area contributed by atoms with Crippen molar-refractivity contribution in [3.8, 4) is 5.75 Å². The topological polar surface area (TPSA) is 46.5 Å². The second-order valence-corrected chi connectivity index (χ2v) is 6.65. The van der Waals surface area contributed by atoms with Crippen LogP contribution in [0.25, 0.3) is 10.1 Å². The quantitative estimate of drug-likeness (QED) is 0.630. The summed E-state index contributed by atoms with van der Waals surface area (Å²) in [7, 11) is 0. The molecule has 21 heavy (non-hydrogen) atoms. The minimum Gasteiger partial charge on any atom is -0.488 e. The Balaban J connectivity index is 1.87. The van der Waals surface area contributed by atoms with E-state index in [0.717, 1.165) is 14.5 Å². The van der Waals surface area contributed by atoms with Gasteiger partial charge in [-0.15, -0.1) is 11.3 Å². The van der Waals surface area contributed by atoms with Crippen molar-refractivity contribution >= 4 is 50.0 Å². The Kier molecular flexibility index (Phi) is 4.12. The van der Waals surface area contributed by atoms with Crippen molar-refractivity contribution in [2.24, 2.45) is 0 Å². The summed E-state index contributed by atoms with van der Waals surface area (Å²) in [5.74, 6) is -0.572. The van der Waals surface area contributed by atoms with Crippen LogP contribution in [0.1, 0.15) is 15.9 Å². The molecule has 5 heteroatoms. The van der Waals surface area contributed by atoms with Crippen molar-refractivity contribution in [3.63, 3.8) is 0 Å². The Morgan fingerprint density at radius 2 is 2.05 bits per heavy atom. The third-order valence-electron chi connectivity index (χ3n) is 3.12. The normalized spacial score (nSPS) is 10.7. The minimum atomic E-state index is -0.973. The van der Waals surface area contributed by atoms with Crippen molar-refractivity contribution in [2.45, 2.75) is 6.61 Å². The van der Waals surface area contributed by atoms with Gasteiger partial charge in [0.2, 0.25) is 0 Å². The maximum Gasteiger partial charge on any atom is 0.339 e. The molecule has 1 N–H and O–H groups in total. The molecule has 1 heterocycles. The molecule has 3 rings (SSSR count). The molecule has 2 aromatic carbocycles. The smallest absolute Gasteiger partial charge is 0.339 e. The van der Waals surface area contributed by atoms with Crippen LogP contribution in [0.15, 0.2) is 47.8 Å². The molecule has 1 aromatic heterocycles. The largest absolute Gasteiger partial charge is 0.488 e. The van der Waals surface area contributed by atoms with E-state index in [4.69, 9.17) is 4.74 Å². The second-order valence-electron chi connectivity index (χ2n) is 4.49. The first-order chi connectivity index (χ1) is 10.1. The fraction of sp³-hybridized carbons (Fsp3) is 0.0625. The van der Waals surface area contributed by atoms with Crippen molar-refractivity contribution in [1.82, 2.24) is 0 Å². The number of carboxylic acids is 1. The van der Waals surface area contributed by atoms with Crippen molar-refractivity contribution in [2.75, 3.05) is 0 Å². The highest BCUT2D eigenvalue weighted by Crippen LogP contribution is 2.28. The molecular formula is C16H11IO3S. The van der Waals surface area contributed by atoms with Crippen LogP contribution < -0.4 is 4.74 Å². The Bertz CT molecular complexity index is 810. The lowest BCUT2D eigenvalue weighted by Crippen LogP contribution is -2.03. The van der Waals surface area contributed by atoms with Gasteiger partial charge in [-0.3, -0.25) is 0 Å². The number of carboxylic acid groups (broad SMARTS) is 1. The molecule has 0 saturated heterocycles. The van der Waals surface area contributed by atoms with Crippen LogP contribution in [0.2, 0.25) is 0 Å². The molecule has 3 nitrogen and oxygen atoms in total. The molecule has 0 aliphatic heterocycles. The number of benzene rings is 2. The van der Waals surface area contributed by atoms with Crippen LogP contribution in [0.5, 0.6) is 5.75 Å². The van der Waals surface area contributed by atoms with E-state index < -0.39 is 5.97 Å². The summed E-state index contributed by atoms with van der Waals surface area (Å²) in [4.78, 5) is 11.3. The SMILES string of the molecule is O=C(O)c1cc(I)ccc1OCc1csc2ccccc12. The Morgan fingerprint density at radius 1 is 1.24 bits per heavy atom. The van der Waals surface area contributed by atoms with E-state index in [1.807, 2.05) is 18.2 Å². The van der Waals surface area contributed by atoms with E-state index in [1.165, 1.54) is 4.70 Å². The van der Waals surface area contributed by atoms with Gasteiger partial charge in [0.1, 0.15) is 17.9 Å². The minimum absolute atomic E-state index is 0.196. The monoisotopic (exact) mass is 410 g/mol. The number of aromatic carboxylic acids is 1. The highest BCUT2D eigenvalue weighted by Gasteiger charge is 2.13. The molecule has 0 unspecified atom stereocenters. The fourth-order valence-electron chi connectivity index (χ4n) is 2.10. The lowest BCUT2D eigenvalue weighted by Gasteiger charge is -2.09. The second kappa shape index (κ2) is 6.03. The van der Waals surface area contributed by atoms with Crippen molar-refractivity contribution in [1.29, 1.82) is 0 Å². The zero-order chi connectivity index (χ0) is 14.8. The lowest BCUT2D eigenvalue weighted by atomic mass is 10.2. The predicted molar refractivity (Wildman–Crippen MR) is 92.3 cm³/mol. The first-order valence-corrected chi connectivity index (χ1v) is 8.22. The molecule has 3 aromatic rings. The van der Waals surface area contributed by atoms with E-state index >= 15 is 0 Å². The number of hydrogen-bond acceptors (Lipinski definition) is 3. The zero-order valence-corrected chi connectivity index (χ0v) is 13.8. The third kappa shape index (κ3) is 3.03. The standard InChI is InChI=1S/C16H11IO3S/c17-11-5-6-14(13(7-11)16(18)19)20-8-10-9-21-15-4-2-1-3-12(10)15/h1-7,9H,8H2,(H,18,19). The van der Waals surface area contributed by atoms with Crippen LogP contribution in [0.3, 0.4) is 0 Å². The summed E-state index contributed by atoms with van der Waals surface area (Å²) in [5, 5.41) is 12.4. The van der Waals surface area contributed by atoms with E-state index in [1.54, 1.807) is 23.5 Å². The summed E-state index contributed by atoms with van der Waals surface area (Å²) >= 11 is 3.75. The maximum absolute atomic E-state index is 11.3. The molecule has 0 fully saturated rings. The first-order valence-electron chi connectivity index (χ1n) is 6.26. The van der Waals surface area contributed by atoms with Gasteiger partial charge in [0.05, 0.1) is 0 Å². The number of carbonyl (C=O) groups is 1. The van der Waals surface area contributed by atoms with Crippen LogP contribution in [0, 0.1) is 3.57 Å². The van der Waals surface area contributed by atoms with Gasteiger partial charge in [-0.1, -0.05) is 18.2 Å². The van der Waals surface area contributed by atoms with Crippen LogP contribution >= 0.6 is 33.9 Å². The molecule has 0 bridgehead atoms. The fourth-order valence-corrected chi connectivity index (χ4v) is 3.53. The van der Waals surface area contributed by atoms with Crippen molar-refractivity contribution < 1.29 is 14.6 Å². The van der Waals surface area contributed by atoms with E-state index in [9.17, 15) is 9.90 Å². The van der Waals surface area contributed by atoms with E-state index in [0.29, 0.717) is 12.4 Å².